The molecule has 0 unspecified atom stereocenters. The second-order valence-electron chi connectivity index (χ2n) is 5.28. The molecule has 0 spiro atoms. The maximum Gasteiger partial charge on any atom is 0.145 e. The predicted octanol–water partition coefficient (Wildman–Crippen LogP) is 5.76. The SMILES string of the molecule is Cc1ccc2cccc(OCCCSc3ccc(Cl)cc3)c2n1. The van der Waals surface area contributed by atoms with Crippen LogP contribution in [0.2, 0.25) is 5.02 Å². The smallest absolute Gasteiger partial charge is 0.145 e. The van der Waals surface area contributed by atoms with Crippen molar-refractivity contribution in [3.63, 3.8) is 0 Å². The van der Waals surface area contributed by atoms with E-state index in [4.69, 9.17) is 16.3 Å². The van der Waals surface area contributed by atoms with Crippen LogP contribution in [0.25, 0.3) is 10.9 Å². The Balaban J connectivity index is 1.53. The number of aromatic nitrogens is 1. The highest BCUT2D eigenvalue weighted by Crippen LogP contribution is 2.25. The fourth-order valence-corrected chi connectivity index (χ4v) is 3.25. The zero-order valence-corrected chi connectivity index (χ0v) is 14.5. The van der Waals surface area contributed by atoms with E-state index in [9.17, 15) is 0 Å². The molecule has 3 aromatic rings. The Morgan fingerprint density at radius 2 is 1.87 bits per heavy atom. The van der Waals surface area contributed by atoms with Gasteiger partial charge in [-0.2, -0.15) is 0 Å². The first-order valence-electron chi connectivity index (χ1n) is 7.60. The van der Waals surface area contributed by atoms with Crippen molar-refractivity contribution >= 4 is 34.3 Å². The van der Waals surface area contributed by atoms with Crippen LogP contribution in [0.5, 0.6) is 5.75 Å². The first-order valence-corrected chi connectivity index (χ1v) is 8.96. The molecular formula is C19H18ClNOS. The van der Waals surface area contributed by atoms with Crippen LogP contribution in [0.4, 0.5) is 0 Å². The standard InChI is InChI=1S/C19H18ClNOS/c1-14-6-7-15-4-2-5-18(19(15)21-14)22-12-3-13-23-17-10-8-16(20)9-11-17/h2,4-11H,3,12-13H2,1H3. The molecule has 0 radical (unpaired) electrons. The highest BCUT2D eigenvalue weighted by Gasteiger charge is 2.04. The van der Waals surface area contributed by atoms with Gasteiger partial charge in [0.2, 0.25) is 0 Å². The minimum Gasteiger partial charge on any atom is -0.491 e. The summed E-state index contributed by atoms with van der Waals surface area (Å²) in [6.45, 7) is 2.69. The van der Waals surface area contributed by atoms with Crippen LogP contribution < -0.4 is 4.74 Å². The van der Waals surface area contributed by atoms with E-state index in [1.54, 1.807) is 0 Å². The third-order valence-corrected chi connectivity index (χ3v) is 4.80. The number of benzene rings is 2. The van der Waals surface area contributed by atoms with Gasteiger partial charge in [0.15, 0.2) is 0 Å². The van der Waals surface area contributed by atoms with Gasteiger partial charge in [-0.25, -0.2) is 4.98 Å². The van der Waals surface area contributed by atoms with E-state index in [-0.39, 0.29) is 0 Å². The Kier molecular flexibility index (Phi) is 5.42. The van der Waals surface area contributed by atoms with Gasteiger partial charge in [0, 0.05) is 26.8 Å². The summed E-state index contributed by atoms with van der Waals surface area (Å²) in [4.78, 5) is 5.82. The summed E-state index contributed by atoms with van der Waals surface area (Å²) in [7, 11) is 0. The normalized spacial score (nSPS) is 10.9. The van der Waals surface area contributed by atoms with Gasteiger partial charge in [-0.05, 0) is 49.7 Å². The second kappa shape index (κ2) is 7.71. The quantitative estimate of drug-likeness (QED) is 0.419. The van der Waals surface area contributed by atoms with Gasteiger partial charge < -0.3 is 4.74 Å². The molecule has 2 aromatic carbocycles. The molecule has 0 aliphatic carbocycles. The molecule has 1 aromatic heterocycles. The number of fused-ring (bicyclic) bond motifs is 1. The Morgan fingerprint density at radius 3 is 2.70 bits per heavy atom. The van der Waals surface area contributed by atoms with Crippen molar-refractivity contribution in [1.82, 2.24) is 4.98 Å². The first kappa shape index (κ1) is 16.2. The molecule has 1 heterocycles. The van der Waals surface area contributed by atoms with Crippen LogP contribution >= 0.6 is 23.4 Å². The van der Waals surface area contributed by atoms with Gasteiger partial charge in [0.05, 0.1) is 6.61 Å². The van der Waals surface area contributed by atoms with Crippen molar-refractivity contribution in [1.29, 1.82) is 0 Å². The van der Waals surface area contributed by atoms with Crippen molar-refractivity contribution in [2.24, 2.45) is 0 Å². The lowest BCUT2D eigenvalue weighted by Gasteiger charge is -2.09. The highest BCUT2D eigenvalue weighted by molar-refractivity contribution is 7.99. The van der Waals surface area contributed by atoms with Gasteiger partial charge in [-0.15, -0.1) is 11.8 Å². The minimum atomic E-state index is 0.690. The number of nitrogens with zero attached hydrogens (tertiary/aromatic N) is 1. The lowest BCUT2D eigenvalue weighted by Crippen LogP contribution is -2.00. The van der Waals surface area contributed by atoms with Gasteiger partial charge in [0.25, 0.3) is 0 Å². The summed E-state index contributed by atoms with van der Waals surface area (Å²) in [6.07, 6.45) is 0.982. The number of rotatable bonds is 6. The van der Waals surface area contributed by atoms with Crippen LogP contribution in [-0.2, 0) is 0 Å². The van der Waals surface area contributed by atoms with E-state index in [0.29, 0.717) is 6.61 Å². The topological polar surface area (TPSA) is 22.1 Å². The van der Waals surface area contributed by atoms with E-state index in [2.05, 4.69) is 17.1 Å². The van der Waals surface area contributed by atoms with E-state index < -0.39 is 0 Å². The lowest BCUT2D eigenvalue weighted by molar-refractivity contribution is 0.322. The molecule has 3 rings (SSSR count). The summed E-state index contributed by atoms with van der Waals surface area (Å²) in [5.41, 5.74) is 1.95. The molecule has 118 valence electrons. The van der Waals surface area contributed by atoms with Gasteiger partial charge in [-0.1, -0.05) is 29.8 Å². The van der Waals surface area contributed by atoms with E-state index in [1.807, 2.05) is 61.2 Å². The van der Waals surface area contributed by atoms with Crippen LogP contribution in [0, 0.1) is 6.92 Å². The molecule has 0 N–H and O–H groups in total. The Labute approximate surface area is 145 Å². The zero-order valence-electron chi connectivity index (χ0n) is 13.0. The van der Waals surface area contributed by atoms with Crippen molar-refractivity contribution in [2.45, 2.75) is 18.2 Å². The molecule has 4 heteroatoms. The average molecular weight is 344 g/mol. The maximum atomic E-state index is 5.93. The van der Waals surface area contributed by atoms with Gasteiger partial charge >= 0.3 is 0 Å². The summed E-state index contributed by atoms with van der Waals surface area (Å²) in [5, 5.41) is 1.89. The highest BCUT2D eigenvalue weighted by atomic mass is 35.5. The van der Waals surface area contributed by atoms with E-state index in [0.717, 1.165) is 39.5 Å². The average Bonchev–Trinajstić information content (AvgIpc) is 2.56. The zero-order chi connectivity index (χ0) is 16.1. The number of aryl methyl sites for hydroxylation is 1. The summed E-state index contributed by atoms with van der Waals surface area (Å²) in [5.74, 6) is 1.88. The van der Waals surface area contributed by atoms with Crippen molar-refractivity contribution in [3.05, 3.63) is 65.3 Å². The molecule has 23 heavy (non-hydrogen) atoms. The molecule has 0 amide bonds. The van der Waals surface area contributed by atoms with Crippen LogP contribution in [-0.4, -0.2) is 17.3 Å². The van der Waals surface area contributed by atoms with Crippen molar-refractivity contribution < 1.29 is 4.74 Å². The number of hydrogen-bond donors (Lipinski definition) is 0. The Hall–Kier alpha value is -1.71. The molecule has 0 saturated carbocycles. The monoisotopic (exact) mass is 343 g/mol. The van der Waals surface area contributed by atoms with Crippen molar-refractivity contribution in [3.8, 4) is 5.75 Å². The third-order valence-electron chi connectivity index (χ3n) is 3.45. The Morgan fingerprint density at radius 1 is 1.04 bits per heavy atom. The molecule has 2 nitrogen and oxygen atoms in total. The number of halogens is 1. The summed E-state index contributed by atoms with van der Waals surface area (Å²) >= 11 is 7.70. The summed E-state index contributed by atoms with van der Waals surface area (Å²) in [6, 6.07) is 18.1. The van der Waals surface area contributed by atoms with Crippen molar-refractivity contribution in [2.75, 3.05) is 12.4 Å². The number of para-hydroxylation sites is 1. The largest absolute Gasteiger partial charge is 0.491 e. The van der Waals surface area contributed by atoms with E-state index >= 15 is 0 Å². The fourth-order valence-electron chi connectivity index (χ4n) is 2.30. The second-order valence-corrected chi connectivity index (χ2v) is 6.89. The maximum absolute atomic E-state index is 5.93. The molecule has 0 saturated heterocycles. The molecule has 0 bridgehead atoms. The fraction of sp³-hybridized carbons (Fsp3) is 0.211. The number of hydrogen-bond acceptors (Lipinski definition) is 3. The van der Waals surface area contributed by atoms with E-state index in [1.165, 1.54) is 4.90 Å². The molecular weight excluding hydrogens is 326 g/mol. The van der Waals surface area contributed by atoms with Crippen LogP contribution in [0.3, 0.4) is 0 Å². The number of pyridine rings is 1. The predicted molar refractivity (Wildman–Crippen MR) is 98.8 cm³/mol. The molecule has 0 atom stereocenters. The third kappa shape index (κ3) is 4.40. The number of ether oxygens (including phenoxy) is 1. The van der Waals surface area contributed by atoms with Gasteiger partial charge in [0.1, 0.15) is 11.3 Å². The van der Waals surface area contributed by atoms with Gasteiger partial charge in [-0.3, -0.25) is 0 Å². The summed E-state index contributed by atoms with van der Waals surface area (Å²) < 4.78 is 5.93. The molecule has 0 aliphatic rings. The first-order chi connectivity index (χ1) is 11.2. The van der Waals surface area contributed by atoms with Crippen LogP contribution in [0.15, 0.2) is 59.5 Å². The number of thioether (sulfide) groups is 1. The lowest BCUT2D eigenvalue weighted by atomic mass is 10.2. The minimum absolute atomic E-state index is 0.690. The van der Waals surface area contributed by atoms with Crippen LogP contribution in [0.1, 0.15) is 12.1 Å². The molecule has 0 fully saturated rings. The Bertz CT molecular complexity index is 789. The molecule has 0 aliphatic heterocycles.